The van der Waals surface area contributed by atoms with E-state index < -0.39 is 11.7 Å². The summed E-state index contributed by atoms with van der Waals surface area (Å²) in [4.78, 5) is 0. The average molecular weight is 394 g/mol. The number of phenolic OH excluding ortho intramolecular Hbond substituents is 1. The van der Waals surface area contributed by atoms with Crippen molar-refractivity contribution in [1.29, 1.82) is 0 Å². The van der Waals surface area contributed by atoms with Crippen LogP contribution in [0.3, 0.4) is 0 Å². The van der Waals surface area contributed by atoms with Gasteiger partial charge in [-0.1, -0.05) is 48.0 Å². The van der Waals surface area contributed by atoms with Gasteiger partial charge in [-0.2, -0.15) is 13.2 Å². The predicted octanol–water partition coefficient (Wildman–Crippen LogP) is 6.21. The monoisotopic (exact) mass is 393 g/mol. The summed E-state index contributed by atoms with van der Waals surface area (Å²) in [7, 11) is 3.76. The zero-order valence-corrected chi connectivity index (χ0v) is 14.8. The molecule has 3 rings (SSSR count). The molecule has 1 heterocycles. The first-order valence-electron chi connectivity index (χ1n) is 7.74. The number of nitrogens with zero attached hydrogens (tertiary/aromatic N) is 1. The quantitative estimate of drug-likeness (QED) is 0.242. The number of aromatic hydroxyl groups is 1. The van der Waals surface area contributed by atoms with Crippen LogP contribution in [0.2, 0.25) is 5.02 Å². The van der Waals surface area contributed by atoms with E-state index >= 15 is 0 Å². The van der Waals surface area contributed by atoms with Gasteiger partial charge in [-0.05, 0) is 18.2 Å². The molecule has 0 unspecified atom stereocenters. The van der Waals surface area contributed by atoms with E-state index in [0.29, 0.717) is 16.5 Å². The summed E-state index contributed by atoms with van der Waals surface area (Å²) in [6, 6.07) is 12.8. The Bertz CT molecular complexity index is 1010. The van der Waals surface area contributed by atoms with Crippen LogP contribution >= 0.6 is 11.6 Å². The molecule has 3 nitrogen and oxygen atoms in total. The fraction of sp³-hybridized carbons (Fsp3) is 0.0500. The molecule has 0 aliphatic rings. The maximum Gasteiger partial charge on any atom is 0.416 e. The highest BCUT2D eigenvalue weighted by Gasteiger charge is 2.34. The number of halogens is 4. The average Bonchev–Trinajstić information content (AvgIpc) is 2.96. The van der Waals surface area contributed by atoms with Crippen molar-refractivity contribution >= 4 is 24.0 Å². The lowest BCUT2D eigenvalue weighted by atomic mass is 10.1. The minimum atomic E-state index is -4.49. The summed E-state index contributed by atoms with van der Waals surface area (Å²) in [6.45, 7) is 5.31. The molecule has 0 aliphatic heterocycles. The van der Waals surface area contributed by atoms with Gasteiger partial charge in [0.25, 0.3) is 0 Å². The molecule has 3 aromatic rings. The van der Waals surface area contributed by atoms with E-state index in [0.717, 1.165) is 6.07 Å². The van der Waals surface area contributed by atoms with Crippen LogP contribution in [-0.4, -0.2) is 16.4 Å². The highest BCUT2D eigenvalue weighted by atomic mass is 35.5. The van der Waals surface area contributed by atoms with Crippen molar-refractivity contribution in [2.45, 2.75) is 6.18 Å². The van der Waals surface area contributed by atoms with Crippen molar-refractivity contribution in [1.82, 2.24) is 0 Å². The van der Waals surface area contributed by atoms with Crippen LogP contribution < -0.4 is 0 Å². The number of benzene rings is 2. The molecule has 0 radical (unpaired) electrons. The van der Waals surface area contributed by atoms with Crippen molar-refractivity contribution in [3.8, 4) is 17.1 Å². The summed E-state index contributed by atoms with van der Waals surface area (Å²) in [6.07, 6.45) is -4.49. The van der Waals surface area contributed by atoms with E-state index in [1.807, 2.05) is 0 Å². The molecule has 0 saturated heterocycles. The topological polar surface area (TPSA) is 25.9 Å². The van der Waals surface area contributed by atoms with E-state index in [1.54, 1.807) is 6.07 Å². The van der Waals surface area contributed by atoms with Gasteiger partial charge >= 0.3 is 6.18 Å². The normalized spacial score (nSPS) is 11.4. The lowest BCUT2D eigenvalue weighted by Crippen LogP contribution is -2.07. The third-order valence-corrected chi connectivity index (χ3v) is 4.21. The van der Waals surface area contributed by atoms with Crippen LogP contribution in [0.5, 0.6) is 5.75 Å². The van der Waals surface area contributed by atoms with E-state index in [1.165, 1.54) is 53.6 Å². The van der Waals surface area contributed by atoms with Gasteiger partial charge < -0.3 is 9.15 Å². The van der Waals surface area contributed by atoms with Gasteiger partial charge in [-0.3, -0.25) is 4.58 Å². The first-order valence-corrected chi connectivity index (χ1v) is 8.12. The Kier molecular flexibility index (Phi) is 4.85. The van der Waals surface area contributed by atoms with Gasteiger partial charge in [0, 0.05) is 10.6 Å². The molecule has 0 bridgehead atoms. The molecule has 1 aromatic heterocycles. The highest BCUT2D eigenvalue weighted by molar-refractivity contribution is 6.30. The van der Waals surface area contributed by atoms with Crippen molar-refractivity contribution in [2.24, 2.45) is 0 Å². The van der Waals surface area contributed by atoms with Gasteiger partial charge in [0.1, 0.15) is 18.1 Å². The number of hydrogen-bond acceptors (Lipinski definition) is 1. The zero-order chi connectivity index (χ0) is 19.8. The standard InChI is InChI=1S/C20H15ClF3NO2/c1-25(17-11-13(21)7-9-18(17)26)12-14-8-10-19(27(14)2)15-5-3-4-6-16(15)20(22,23)24/h3-12,26H,1-2H2. The summed E-state index contributed by atoms with van der Waals surface area (Å²) in [5.41, 5.74) is -0.432. The molecule has 0 saturated carbocycles. The van der Waals surface area contributed by atoms with Gasteiger partial charge in [0.05, 0.1) is 19.4 Å². The molecular weight excluding hydrogens is 379 g/mol. The van der Waals surface area contributed by atoms with Crippen LogP contribution in [0.4, 0.5) is 18.9 Å². The lowest BCUT2D eigenvalue weighted by molar-refractivity contribution is -0.382. The Morgan fingerprint density at radius 2 is 1.81 bits per heavy atom. The molecule has 0 atom stereocenters. The smallest absolute Gasteiger partial charge is 0.416 e. The molecular formula is C20H15ClF3NO2. The highest BCUT2D eigenvalue weighted by Crippen LogP contribution is 2.40. The van der Waals surface area contributed by atoms with E-state index in [2.05, 4.69) is 17.9 Å². The zero-order valence-electron chi connectivity index (χ0n) is 14.0. The third-order valence-electron chi connectivity index (χ3n) is 3.98. The van der Waals surface area contributed by atoms with Crippen LogP contribution in [0, 0.1) is 13.7 Å². The summed E-state index contributed by atoms with van der Waals surface area (Å²) in [5.74, 6) is 0.592. The number of furan rings is 1. The van der Waals surface area contributed by atoms with Crippen LogP contribution in [0.1, 0.15) is 11.3 Å². The van der Waals surface area contributed by atoms with E-state index in [9.17, 15) is 18.3 Å². The van der Waals surface area contributed by atoms with Crippen LogP contribution in [-0.2, 0) is 6.18 Å². The molecule has 2 aromatic carbocycles. The maximum absolute atomic E-state index is 13.3. The fourth-order valence-electron chi connectivity index (χ4n) is 2.67. The molecule has 1 N–H and O–H groups in total. The molecule has 27 heavy (non-hydrogen) atoms. The number of alkyl halides is 3. The van der Waals surface area contributed by atoms with E-state index in [4.69, 9.17) is 11.6 Å². The minimum absolute atomic E-state index is 0.00846. The SMILES string of the molecule is C=[N+]([CH-]c1ccc(-c2ccccc2C(F)(F)F)[o+]1[CH2-])c1cc(Cl)ccc1O. The van der Waals surface area contributed by atoms with Crippen molar-refractivity contribution in [3.63, 3.8) is 0 Å². The van der Waals surface area contributed by atoms with Gasteiger partial charge in [0.15, 0.2) is 11.4 Å². The van der Waals surface area contributed by atoms with Gasteiger partial charge in [-0.15, -0.1) is 0 Å². The molecule has 0 fully saturated rings. The maximum atomic E-state index is 13.3. The fourth-order valence-corrected chi connectivity index (χ4v) is 2.84. The number of phenols is 1. The van der Waals surface area contributed by atoms with Gasteiger partial charge in [-0.25, -0.2) is 0 Å². The van der Waals surface area contributed by atoms with Crippen molar-refractivity contribution < 1.29 is 26.9 Å². The van der Waals surface area contributed by atoms with Crippen LogP contribution in [0.15, 0.2) is 58.6 Å². The third kappa shape index (κ3) is 3.75. The second-order valence-electron chi connectivity index (χ2n) is 5.77. The summed E-state index contributed by atoms with van der Waals surface area (Å²) in [5, 5.41) is 10.4. The molecule has 0 spiro atoms. The largest absolute Gasteiger partial charge is 0.673 e. The molecule has 7 heteroatoms. The Morgan fingerprint density at radius 1 is 1.11 bits per heavy atom. The van der Waals surface area contributed by atoms with E-state index in [-0.39, 0.29) is 17.1 Å². The second kappa shape index (κ2) is 6.96. The molecule has 0 amide bonds. The molecule has 0 aliphatic carbocycles. The first-order chi connectivity index (χ1) is 12.7. The predicted molar refractivity (Wildman–Crippen MR) is 98.1 cm³/mol. The number of hydrogen-bond donors (Lipinski definition) is 1. The number of rotatable bonds is 4. The van der Waals surface area contributed by atoms with Crippen molar-refractivity contribution in [2.75, 3.05) is 0 Å². The Labute approximate surface area is 159 Å². The van der Waals surface area contributed by atoms with Crippen molar-refractivity contribution in [3.05, 3.63) is 84.6 Å². The Morgan fingerprint density at radius 3 is 2.52 bits per heavy atom. The van der Waals surface area contributed by atoms with Crippen LogP contribution in [0.25, 0.3) is 11.3 Å². The minimum Gasteiger partial charge on any atom is -0.673 e. The summed E-state index contributed by atoms with van der Waals surface area (Å²) >= 11 is 5.93. The molecule has 140 valence electrons. The van der Waals surface area contributed by atoms with Gasteiger partial charge in [0.2, 0.25) is 0 Å². The Balaban J connectivity index is 1.96. The Hall–Kier alpha value is -2.99. The second-order valence-corrected chi connectivity index (χ2v) is 6.20. The summed E-state index contributed by atoms with van der Waals surface area (Å²) < 4.78 is 43.5. The lowest BCUT2D eigenvalue weighted by Gasteiger charge is -2.18. The first kappa shape index (κ1) is 18.8.